The highest BCUT2D eigenvalue weighted by atomic mass is 16.5. The molecule has 0 atom stereocenters. The lowest BCUT2D eigenvalue weighted by molar-refractivity contribution is -0.858. The molecule has 8 heteroatoms. The summed E-state index contributed by atoms with van der Waals surface area (Å²) in [5.41, 5.74) is 2.07. The van der Waals surface area contributed by atoms with E-state index < -0.39 is 11.9 Å². The molecule has 0 amide bonds. The minimum absolute atomic E-state index is 0. The number of carboxylic acid groups (broad SMARTS) is 2. The first-order valence-electron chi connectivity index (χ1n) is 12.5. The van der Waals surface area contributed by atoms with Crippen LogP contribution in [0.15, 0.2) is 97.1 Å². The quantitative estimate of drug-likeness (QED) is 0.255. The van der Waals surface area contributed by atoms with Gasteiger partial charge in [0.15, 0.2) is 0 Å². The largest absolute Gasteiger partial charge is 0.550 e. The molecule has 0 saturated heterocycles. The van der Waals surface area contributed by atoms with Crippen molar-refractivity contribution in [1.29, 1.82) is 0 Å². The second-order valence-electron chi connectivity index (χ2n) is 9.25. The van der Waals surface area contributed by atoms with Crippen LogP contribution in [0.1, 0.15) is 18.1 Å². The van der Waals surface area contributed by atoms with Gasteiger partial charge in [0.1, 0.15) is 13.2 Å². The number of ether oxygens (including phenoxy) is 1. The zero-order valence-corrected chi connectivity index (χ0v) is 23.6. The zero-order valence-electron chi connectivity index (χ0n) is 23.6. The van der Waals surface area contributed by atoms with E-state index in [0.29, 0.717) is 12.2 Å². The Kier molecular flexibility index (Phi) is 14.4. The molecule has 4 aromatic carbocycles. The number of carbonyl (C=O) groups is 3. The van der Waals surface area contributed by atoms with Crippen molar-refractivity contribution in [2.75, 3.05) is 27.2 Å². The molecule has 0 saturated carbocycles. The Morgan fingerprint density at radius 3 is 1.50 bits per heavy atom. The first-order chi connectivity index (χ1) is 18.6. The van der Waals surface area contributed by atoms with Gasteiger partial charge in [0.2, 0.25) is 0 Å². The van der Waals surface area contributed by atoms with Crippen LogP contribution < -0.4 is 21.3 Å². The number of fused-ring (bicyclic) bond motifs is 2. The summed E-state index contributed by atoms with van der Waals surface area (Å²) >= 11 is 0. The molecule has 0 spiro atoms. The third kappa shape index (κ3) is 11.5. The highest BCUT2D eigenvalue weighted by Gasteiger charge is 2.03. The van der Waals surface area contributed by atoms with Crippen molar-refractivity contribution in [2.45, 2.75) is 19.8 Å². The summed E-state index contributed by atoms with van der Waals surface area (Å²) in [5, 5.41) is 25.1. The molecule has 0 heterocycles. The van der Waals surface area contributed by atoms with E-state index in [0.717, 1.165) is 39.2 Å². The number of nitrogens with one attached hydrogen (secondary N) is 1. The number of quaternary nitrogens is 2. The number of likely N-dealkylation sites (N-methyl/N-ethyl adjacent to an activating group) is 1. The molecule has 4 aromatic rings. The number of hydrogen-bond acceptors (Lipinski definition) is 6. The lowest BCUT2D eigenvalue weighted by Crippen LogP contribution is -3.06. The van der Waals surface area contributed by atoms with E-state index in [1.165, 1.54) is 4.90 Å². The average Bonchev–Trinajstić information content (AvgIpc) is 2.89. The minimum Gasteiger partial charge on any atom is -0.550 e. The van der Waals surface area contributed by atoms with Crippen molar-refractivity contribution in [2.24, 2.45) is 0 Å². The Hall–Kier alpha value is -4.53. The molecule has 5 N–H and O–H groups in total. The van der Waals surface area contributed by atoms with Crippen LogP contribution in [0.3, 0.4) is 0 Å². The molecule has 0 aliphatic carbocycles. The second kappa shape index (κ2) is 17.1. The average molecular weight is 547 g/mol. The Morgan fingerprint density at radius 1 is 0.725 bits per heavy atom. The summed E-state index contributed by atoms with van der Waals surface area (Å²) < 4.78 is 4.85. The predicted molar refractivity (Wildman–Crippen MR) is 155 cm³/mol. The Morgan fingerprint density at radius 2 is 1.12 bits per heavy atom. The Bertz CT molecular complexity index is 1330. The fourth-order valence-corrected chi connectivity index (χ4v) is 3.68. The van der Waals surface area contributed by atoms with E-state index in [1.54, 1.807) is 6.92 Å². The lowest BCUT2D eigenvalue weighted by Gasteiger charge is -2.07. The molecule has 4 rings (SSSR count). The van der Waals surface area contributed by atoms with Gasteiger partial charge in [0.25, 0.3) is 0 Å². The summed E-state index contributed by atoms with van der Waals surface area (Å²) in [4.78, 5) is 33.1. The molecule has 212 valence electrons. The van der Waals surface area contributed by atoms with Crippen molar-refractivity contribution in [3.63, 3.8) is 0 Å². The molecule has 0 unspecified atom stereocenters. The van der Waals surface area contributed by atoms with Crippen LogP contribution in [-0.4, -0.2) is 45.2 Å². The highest BCUT2D eigenvalue weighted by Crippen LogP contribution is 2.19. The smallest absolute Gasteiger partial charge is 0.333 e. The maximum atomic E-state index is 10.8. The third-order valence-corrected chi connectivity index (χ3v) is 5.61. The summed E-state index contributed by atoms with van der Waals surface area (Å²) in [7, 11) is 4.02. The number of carboxylic acids is 2. The zero-order chi connectivity index (χ0) is 28.8. The maximum Gasteiger partial charge on any atom is 0.333 e. The molecular weight excluding hydrogens is 508 g/mol. The molecule has 0 aromatic heterocycles. The number of benzene rings is 4. The summed E-state index contributed by atoms with van der Waals surface area (Å²) in [6, 6.07) is 26.8. The van der Waals surface area contributed by atoms with Crippen LogP contribution in [-0.2, 0) is 32.0 Å². The predicted octanol–water partition coefficient (Wildman–Crippen LogP) is 1.89. The third-order valence-electron chi connectivity index (χ3n) is 5.61. The molecule has 0 aliphatic rings. The SMILES string of the molecule is C=C(C)C(=O)OCC[NH+](C)C.O=C([O-])Cc1cccc2ccccc12.O=C([O-])Cc1cccc2ccccc12.[NH4+]. The van der Waals surface area contributed by atoms with E-state index in [-0.39, 0.29) is 25.0 Å². The number of aliphatic carboxylic acids is 2. The van der Waals surface area contributed by atoms with Crippen molar-refractivity contribution >= 4 is 39.5 Å². The van der Waals surface area contributed by atoms with Gasteiger partial charge in [-0.1, -0.05) is 91.5 Å². The minimum atomic E-state index is -1.04. The summed E-state index contributed by atoms with van der Waals surface area (Å²) in [6.07, 6.45) is -0.0529. The first kappa shape index (κ1) is 33.5. The number of hydrogen-bond donors (Lipinski definition) is 2. The van der Waals surface area contributed by atoms with E-state index >= 15 is 0 Å². The van der Waals surface area contributed by atoms with Gasteiger partial charge in [0.05, 0.1) is 14.1 Å². The standard InChI is InChI=1S/2C12H10O2.C8H15NO2.H3N/c2*13-12(14)8-10-6-3-5-9-4-1-2-7-11(9)10;1-7(2)8(10)11-6-5-9(3)4;/h2*1-7H,8H2,(H,13,14);1,5-6H2,2-4H3;1H3. The van der Waals surface area contributed by atoms with Gasteiger partial charge in [-0.3, -0.25) is 0 Å². The molecular formula is C32H38N2O6. The van der Waals surface area contributed by atoms with E-state index in [9.17, 15) is 24.6 Å². The van der Waals surface area contributed by atoms with Crippen LogP contribution in [0.5, 0.6) is 0 Å². The molecule has 0 radical (unpaired) electrons. The summed E-state index contributed by atoms with van der Waals surface area (Å²) in [6.45, 7) is 6.41. The number of esters is 1. The highest BCUT2D eigenvalue weighted by molar-refractivity contribution is 5.89. The lowest BCUT2D eigenvalue weighted by atomic mass is 10.0. The fourth-order valence-electron chi connectivity index (χ4n) is 3.68. The van der Waals surface area contributed by atoms with Crippen LogP contribution in [0.4, 0.5) is 0 Å². The van der Waals surface area contributed by atoms with Gasteiger partial charge < -0.3 is 35.6 Å². The van der Waals surface area contributed by atoms with Gasteiger partial charge >= 0.3 is 5.97 Å². The Balaban J connectivity index is 0.000000300. The molecule has 8 nitrogen and oxygen atoms in total. The van der Waals surface area contributed by atoms with Crippen molar-refractivity contribution in [1.82, 2.24) is 6.15 Å². The van der Waals surface area contributed by atoms with E-state index in [1.807, 2.05) is 99.0 Å². The first-order valence-corrected chi connectivity index (χ1v) is 12.5. The van der Waals surface area contributed by atoms with Crippen LogP contribution in [0, 0.1) is 0 Å². The molecule has 40 heavy (non-hydrogen) atoms. The van der Waals surface area contributed by atoms with Crippen LogP contribution in [0.25, 0.3) is 21.5 Å². The van der Waals surface area contributed by atoms with Gasteiger partial charge in [-0.15, -0.1) is 0 Å². The van der Waals surface area contributed by atoms with E-state index in [2.05, 4.69) is 6.58 Å². The number of carbonyl (C=O) groups excluding carboxylic acids is 3. The van der Waals surface area contributed by atoms with Crippen LogP contribution in [0.2, 0.25) is 0 Å². The topological polar surface area (TPSA) is 148 Å². The van der Waals surface area contributed by atoms with Crippen molar-refractivity contribution in [3.8, 4) is 0 Å². The maximum absolute atomic E-state index is 10.8. The fraction of sp³-hybridized carbons (Fsp3) is 0.219. The monoisotopic (exact) mass is 546 g/mol. The van der Waals surface area contributed by atoms with Crippen LogP contribution >= 0.6 is 0 Å². The van der Waals surface area contributed by atoms with E-state index in [4.69, 9.17) is 4.74 Å². The Labute approximate surface area is 235 Å². The van der Waals surface area contributed by atoms with Gasteiger partial charge in [-0.05, 0) is 39.6 Å². The normalized spacial score (nSPS) is 9.90. The second-order valence-corrected chi connectivity index (χ2v) is 9.25. The van der Waals surface area contributed by atoms with Crippen molar-refractivity contribution < 1.29 is 34.2 Å². The molecule has 0 bridgehead atoms. The van der Waals surface area contributed by atoms with Gasteiger partial charge in [-0.25, -0.2) is 4.79 Å². The molecule has 0 fully saturated rings. The summed E-state index contributed by atoms with van der Waals surface area (Å²) in [5.74, 6) is -2.38. The van der Waals surface area contributed by atoms with Gasteiger partial charge in [0, 0.05) is 30.4 Å². The molecule has 0 aliphatic heterocycles. The number of rotatable bonds is 8. The van der Waals surface area contributed by atoms with Crippen molar-refractivity contribution in [3.05, 3.63) is 108 Å². The van der Waals surface area contributed by atoms with Gasteiger partial charge in [-0.2, -0.15) is 0 Å².